The normalized spacial score (nSPS) is 13.4. The number of aryl methyl sites for hydroxylation is 1. The average molecular weight is 157 g/mol. The van der Waals surface area contributed by atoms with E-state index in [1.807, 2.05) is 0 Å². The van der Waals surface area contributed by atoms with Gasteiger partial charge in [-0.3, -0.25) is 0 Å². The van der Waals surface area contributed by atoms with Crippen molar-refractivity contribution in [1.82, 2.24) is 5.32 Å². The summed E-state index contributed by atoms with van der Waals surface area (Å²) in [6.07, 6.45) is -1.03. The topological polar surface area (TPSA) is 25.2 Å². The Hall–Kier alpha value is -0.830. The van der Waals surface area contributed by atoms with Crippen LogP contribution < -0.4 is 5.32 Å². The predicted octanol–water partition coefficient (Wildman–Crippen LogP) is 1.82. The largest absolute Gasteiger partial charge is 0.463 e. The van der Waals surface area contributed by atoms with Crippen LogP contribution in [-0.2, 0) is 0 Å². The van der Waals surface area contributed by atoms with Gasteiger partial charge in [0.2, 0.25) is 0 Å². The number of hydrogen-bond donors (Lipinski definition) is 1. The SMILES string of the molecule is CNCC(F)c1ccc(C)o1. The second kappa shape index (κ2) is 3.53. The van der Waals surface area contributed by atoms with Crippen LogP contribution in [0.3, 0.4) is 0 Å². The Morgan fingerprint density at radius 1 is 1.64 bits per heavy atom. The number of furan rings is 1. The van der Waals surface area contributed by atoms with Gasteiger partial charge in [0.15, 0.2) is 6.17 Å². The smallest absolute Gasteiger partial charge is 0.170 e. The van der Waals surface area contributed by atoms with E-state index >= 15 is 0 Å². The zero-order chi connectivity index (χ0) is 8.27. The molecule has 0 saturated carbocycles. The molecule has 0 saturated heterocycles. The maximum absolute atomic E-state index is 13.0. The highest BCUT2D eigenvalue weighted by atomic mass is 19.1. The van der Waals surface area contributed by atoms with Crippen molar-refractivity contribution in [3.05, 3.63) is 23.7 Å². The number of alkyl halides is 1. The Labute approximate surface area is 65.4 Å². The fourth-order valence-electron chi connectivity index (χ4n) is 0.902. The summed E-state index contributed by atoms with van der Waals surface area (Å²) in [6.45, 7) is 2.10. The summed E-state index contributed by atoms with van der Waals surface area (Å²) in [4.78, 5) is 0. The van der Waals surface area contributed by atoms with Crippen LogP contribution in [0.15, 0.2) is 16.5 Å². The van der Waals surface area contributed by atoms with E-state index in [9.17, 15) is 4.39 Å². The Morgan fingerprint density at radius 3 is 2.82 bits per heavy atom. The Morgan fingerprint density at radius 2 is 2.36 bits per heavy atom. The second-order valence-electron chi connectivity index (χ2n) is 2.47. The summed E-state index contributed by atoms with van der Waals surface area (Å²) in [5, 5.41) is 2.74. The van der Waals surface area contributed by atoms with Crippen LogP contribution in [0.25, 0.3) is 0 Å². The lowest BCUT2D eigenvalue weighted by atomic mass is 10.3. The first-order valence-corrected chi connectivity index (χ1v) is 3.59. The van der Waals surface area contributed by atoms with Crippen LogP contribution in [0.5, 0.6) is 0 Å². The van der Waals surface area contributed by atoms with Gasteiger partial charge in [-0.2, -0.15) is 0 Å². The summed E-state index contributed by atoms with van der Waals surface area (Å²) in [7, 11) is 1.71. The first-order valence-electron chi connectivity index (χ1n) is 3.59. The van der Waals surface area contributed by atoms with E-state index in [0.29, 0.717) is 12.3 Å². The van der Waals surface area contributed by atoms with Gasteiger partial charge >= 0.3 is 0 Å². The van der Waals surface area contributed by atoms with Crippen molar-refractivity contribution in [3.63, 3.8) is 0 Å². The van der Waals surface area contributed by atoms with Gasteiger partial charge in [0.05, 0.1) is 0 Å². The molecule has 0 spiro atoms. The molecule has 1 N–H and O–H groups in total. The van der Waals surface area contributed by atoms with Crippen LogP contribution in [0.1, 0.15) is 17.7 Å². The zero-order valence-corrected chi connectivity index (χ0v) is 6.73. The van der Waals surface area contributed by atoms with Crippen LogP contribution in [0.2, 0.25) is 0 Å². The third-order valence-electron chi connectivity index (χ3n) is 1.45. The van der Waals surface area contributed by atoms with Gasteiger partial charge in [-0.1, -0.05) is 0 Å². The summed E-state index contributed by atoms with van der Waals surface area (Å²) >= 11 is 0. The molecule has 2 nitrogen and oxygen atoms in total. The monoisotopic (exact) mass is 157 g/mol. The van der Waals surface area contributed by atoms with Crippen molar-refractivity contribution < 1.29 is 8.81 Å². The third-order valence-corrected chi connectivity index (χ3v) is 1.45. The molecule has 11 heavy (non-hydrogen) atoms. The van der Waals surface area contributed by atoms with Crippen LogP contribution in [0.4, 0.5) is 4.39 Å². The van der Waals surface area contributed by atoms with Crippen molar-refractivity contribution >= 4 is 0 Å². The minimum Gasteiger partial charge on any atom is -0.463 e. The van der Waals surface area contributed by atoms with Gasteiger partial charge in [0.1, 0.15) is 11.5 Å². The summed E-state index contributed by atoms with van der Waals surface area (Å²) < 4.78 is 18.1. The molecule has 1 unspecified atom stereocenters. The van der Waals surface area contributed by atoms with Crippen molar-refractivity contribution in [2.24, 2.45) is 0 Å². The predicted molar refractivity (Wildman–Crippen MR) is 41.2 cm³/mol. The van der Waals surface area contributed by atoms with E-state index in [-0.39, 0.29) is 0 Å². The Bertz CT molecular complexity index is 222. The number of halogens is 1. The summed E-state index contributed by atoms with van der Waals surface area (Å²) in [5.74, 6) is 1.15. The van der Waals surface area contributed by atoms with Crippen molar-refractivity contribution in [2.45, 2.75) is 13.1 Å². The van der Waals surface area contributed by atoms with Gasteiger partial charge in [0, 0.05) is 6.54 Å². The molecule has 62 valence electrons. The fourth-order valence-corrected chi connectivity index (χ4v) is 0.902. The van der Waals surface area contributed by atoms with E-state index < -0.39 is 6.17 Å². The molecule has 1 heterocycles. The van der Waals surface area contributed by atoms with Crippen LogP contribution >= 0.6 is 0 Å². The molecule has 0 aromatic carbocycles. The second-order valence-corrected chi connectivity index (χ2v) is 2.47. The molecule has 0 radical (unpaired) electrons. The van der Waals surface area contributed by atoms with E-state index in [2.05, 4.69) is 5.32 Å². The van der Waals surface area contributed by atoms with E-state index in [1.54, 1.807) is 26.1 Å². The zero-order valence-electron chi connectivity index (χ0n) is 6.73. The number of likely N-dealkylation sites (N-methyl/N-ethyl adjacent to an activating group) is 1. The standard InChI is InChI=1S/C8H12FNO/c1-6-3-4-8(11-6)7(9)5-10-2/h3-4,7,10H,5H2,1-2H3. The molecule has 0 aliphatic carbocycles. The quantitative estimate of drug-likeness (QED) is 0.724. The first-order chi connectivity index (χ1) is 5.24. The highest BCUT2D eigenvalue weighted by Crippen LogP contribution is 2.18. The molecule has 1 atom stereocenters. The molecule has 3 heteroatoms. The molecule has 1 rings (SSSR count). The van der Waals surface area contributed by atoms with E-state index in [4.69, 9.17) is 4.42 Å². The molecular formula is C8H12FNO. The summed E-state index contributed by atoms with van der Waals surface area (Å²) in [6, 6.07) is 3.43. The minimum atomic E-state index is -1.03. The van der Waals surface area contributed by atoms with E-state index in [0.717, 1.165) is 5.76 Å². The number of nitrogens with one attached hydrogen (secondary N) is 1. The van der Waals surface area contributed by atoms with Crippen molar-refractivity contribution in [3.8, 4) is 0 Å². The molecular weight excluding hydrogens is 145 g/mol. The molecule has 0 amide bonds. The third kappa shape index (κ3) is 2.05. The molecule has 0 aliphatic rings. The maximum atomic E-state index is 13.0. The van der Waals surface area contributed by atoms with Crippen LogP contribution in [0, 0.1) is 6.92 Å². The van der Waals surface area contributed by atoms with Gasteiger partial charge in [-0.05, 0) is 26.1 Å². The van der Waals surface area contributed by atoms with Gasteiger partial charge < -0.3 is 9.73 Å². The minimum absolute atomic E-state index is 0.299. The Kier molecular flexibility index (Phi) is 2.65. The van der Waals surface area contributed by atoms with Crippen molar-refractivity contribution in [2.75, 3.05) is 13.6 Å². The van der Waals surface area contributed by atoms with Gasteiger partial charge in [-0.25, -0.2) is 4.39 Å². The number of hydrogen-bond acceptors (Lipinski definition) is 2. The van der Waals surface area contributed by atoms with Gasteiger partial charge in [0.25, 0.3) is 0 Å². The van der Waals surface area contributed by atoms with E-state index in [1.165, 1.54) is 0 Å². The molecule has 0 fully saturated rings. The molecule has 0 bridgehead atoms. The lowest BCUT2D eigenvalue weighted by Crippen LogP contribution is -2.13. The van der Waals surface area contributed by atoms with Gasteiger partial charge in [-0.15, -0.1) is 0 Å². The van der Waals surface area contributed by atoms with Crippen LogP contribution in [-0.4, -0.2) is 13.6 Å². The lowest BCUT2D eigenvalue weighted by molar-refractivity contribution is 0.278. The maximum Gasteiger partial charge on any atom is 0.170 e. The highest BCUT2D eigenvalue weighted by molar-refractivity contribution is 5.08. The van der Waals surface area contributed by atoms with Crippen molar-refractivity contribution in [1.29, 1.82) is 0 Å². The molecule has 1 aromatic heterocycles. The fraction of sp³-hybridized carbons (Fsp3) is 0.500. The highest BCUT2D eigenvalue weighted by Gasteiger charge is 2.11. The summed E-state index contributed by atoms with van der Waals surface area (Å²) in [5.41, 5.74) is 0. The first kappa shape index (κ1) is 8.27. The molecule has 1 aromatic rings. The average Bonchev–Trinajstić information content (AvgIpc) is 2.36. The Balaban J connectivity index is 2.60. The molecule has 0 aliphatic heterocycles. The lowest BCUT2D eigenvalue weighted by Gasteiger charge is -2.02. The number of rotatable bonds is 3.